The van der Waals surface area contributed by atoms with Crippen LogP contribution in [0.3, 0.4) is 0 Å². The molecule has 0 atom stereocenters. The van der Waals surface area contributed by atoms with Crippen LogP contribution in [0.1, 0.15) is 18.9 Å². The summed E-state index contributed by atoms with van der Waals surface area (Å²) in [5.41, 5.74) is 0.778. The number of halogens is 1. The van der Waals surface area contributed by atoms with Crippen molar-refractivity contribution in [3.63, 3.8) is 0 Å². The van der Waals surface area contributed by atoms with E-state index >= 15 is 0 Å². The molecule has 21 heavy (non-hydrogen) atoms. The van der Waals surface area contributed by atoms with E-state index in [1.54, 1.807) is 13.2 Å². The number of ether oxygens (including phenoxy) is 4. The molecule has 0 saturated heterocycles. The highest BCUT2D eigenvalue weighted by atomic mass is 79.9. The van der Waals surface area contributed by atoms with Gasteiger partial charge in [-0.15, -0.1) is 0 Å². The highest BCUT2D eigenvalue weighted by Gasteiger charge is 2.12. The molecule has 1 rings (SSSR count). The molecule has 5 nitrogen and oxygen atoms in total. The maximum absolute atomic E-state index is 9.22. The molecular formula is C15H23BrO5. The van der Waals surface area contributed by atoms with Crippen molar-refractivity contribution in [2.75, 3.05) is 40.1 Å². The molecule has 0 saturated carbocycles. The molecule has 1 aromatic rings. The Morgan fingerprint density at radius 2 is 1.90 bits per heavy atom. The number of methoxy groups -OCH3 is 1. The van der Waals surface area contributed by atoms with Gasteiger partial charge in [-0.05, 0) is 40.5 Å². The fourth-order valence-corrected chi connectivity index (χ4v) is 2.30. The minimum absolute atomic E-state index is 0.0354. The Morgan fingerprint density at radius 1 is 1.10 bits per heavy atom. The minimum atomic E-state index is -0.0354. The highest BCUT2D eigenvalue weighted by molar-refractivity contribution is 9.10. The molecule has 120 valence electrons. The van der Waals surface area contributed by atoms with E-state index in [4.69, 9.17) is 18.9 Å². The third-order valence-corrected chi connectivity index (χ3v) is 3.25. The molecule has 6 heteroatoms. The molecular weight excluding hydrogens is 340 g/mol. The van der Waals surface area contributed by atoms with E-state index < -0.39 is 0 Å². The van der Waals surface area contributed by atoms with Crippen LogP contribution < -0.4 is 9.47 Å². The van der Waals surface area contributed by atoms with Crippen molar-refractivity contribution in [1.29, 1.82) is 0 Å². The Labute approximate surface area is 134 Å². The quantitative estimate of drug-likeness (QED) is 0.613. The average Bonchev–Trinajstić information content (AvgIpc) is 2.48. The van der Waals surface area contributed by atoms with Crippen LogP contribution in [0.5, 0.6) is 11.5 Å². The van der Waals surface area contributed by atoms with Crippen LogP contribution >= 0.6 is 15.9 Å². The second kappa shape index (κ2) is 10.8. The first kappa shape index (κ1) is 18.2. The number of hydrogen-bond donors (Lipinski definition) is 1. The smallest absolute Gasteiger partial charge is 0.175 e. The van der Waals surface area contributed by atoms with E-state index in [9.17, 15) is 5.11 Å². The second-order valence-electron chi connectivity index (χ2n) is 4.30. The van der Waals surface area contributed by atoms with Crippen LogP contribution in [0.25, 0.3) is 0 Å². The Hall–Kier alpha value is -0.820. The van der Waals surface area contributed by atoms with Crippen molar-refractivity contribution in [2.45, 2.75) is 20.0 Å². The summed E-state index contributed by atoms with van der Waals surface area (Å²) in [6.07, 6.45) is 0.781. The zero-order valence-electron chi connectivity index (χ0n) is 12.6. The van der Waals surface area contributed by atoms with E-state index in [-0.39, 0.29) is 6.61 Å². The molecule has 0 amide bonds. The van der Waals surface area contributed by atoms with Crippen molar-refractivity contribution < 1.29 is 24.1 Å². The lowest BCUT2D eigenvalue weighted by atomic mass is 10.2. The largest absolute Gasteiger partial charge is 0.490 e. The van der Waals surface area contributed by atoms with Gasteiger partial charge in [-0.3, -0.25) is 0 Å². The van der Waals surface area contributed by atoms with Gasteiger partial charge in [0.25, 0.3) is 0 Å². The maximum atomic E-state index is 9.22. The molecule has 0 radical (unpaired) electrons. The molecule has 0 bridgehead atoms. The summed E-state index contributed by atoms with van der Waals surface area (Å²) in [6.45, 7) is 4.76. The highest BCUT2D eigenvalue weighted by Crippen LogP contribution is 2.37. The first-order valence-corrected chi connectivity index (χ1v) is 7.77. The van der Waals surface area contributed by atoms with Crippen LogP contribution in [-0.4, -0.2) is 45.3 Å². The molecule has 0 aliphatic heterocycles. The first-order chi connectivity index (χ1) is 10.2. The molecule has 0 spiro atoms. The normalized spacial score (nSPS) is 10.7. The lowest BCUT2D eigenvalue weighted by molar-refractivity contribution is 0.0642. The first-order valence-electron chi connectivity index (χ1n) is 6.98. The third kappa shape index (κ3) is 6.65. The van der Waals surface area contributed by atoms with Crippen LogP contribution in [0.15, 0.2) is 16.6 Å². The van der Waals surface area contributed by atoms with Gasteiger partial charge >= 0.3 is 0 Å². The minimum Gasteiger partial charge on any atom is -0.490 e. The van der Waals surface area contributed by atoms with Gasteiger partial charge in [0.1, 0.15) is 0 Å². The van der Waals surface area contributed by atoms with Gasteiger partial charge in [-0.25, -0.2) is 0 Å². The number of benzene rings is 1. The fraction of sp³-hybridized carbons (Fsp3) is 0.600. The van der Waals surface area contributed by atoms with E-state index in [0.717, 1.165) is 16.5 Å². The number of aliphatic hydroxyl groups is 1. The van der Waals surface area contributed by atoms with E-state index in [1.165, 1.54) is 0 Å². The lowest BCUT2D eigenvalue weighted by Crippen LogP contribution is -2.08. The summed E-state index contributed by atoms with van der Waals surface area (Å²) in [5, 5.41) is 9.22. The molecule has 0 heterocycles. The zero-order valence-corrected chi connectivity index (χ0v) is 14.1. The topological polar surface area (TPSA) is 57.2 Å². The third-order valence-electron chi connectivity index (χ3n) is 2.66. The van der Waals surface area contributed by atoms with Crippen LogP contribution in [-0.2, 0) is 16.1 Å². The summed E-state index contributed by atoms with van der Waals surface area (Å²) < 4.78 is 22.4. The molecule has 0 aliphatic carbocycles. The molecule has 0 fully saturated rings. The lowest BCUT2D eigenvalue weighted by Gasteiger charge is -2.15. The standard InChI is InChI=1S/C15H23BrO5/c1-3-20-14-10-12(11-17)9-13(16)15(14)21-6-4-5-19-8-7-18-2/h9-10,17H,3-8,11H2,1-2H3. The van der Waals surface area contributed by atoms with Crippen molar-refractivity contribution in [2.24, 2.45) is 0 Å². The predicted molar refractivity (Wildman–Crippen MR) is 84.0 cm³/mol. The van der Waals surface area contributed by atoms with Crippen molar-refractivity contribution >= 4 is 15.9 Å². The van der Waals surface area contributed by atoms with E-state index in [0.29, 0.717) is 44.5 Å². The van der Waals surface area contributed by atoms with Crippen LogP contribution in [0.4, 0.5) is 0 Å². The van der Waals surface area contributed by atoms with Gasteiger partial charge in [0.15, 0.2) is 11.5 Å². The van der Waals surface area contributed by atoms with Gasteiger partial charge in [0.05, 0.1) is 37.5 Å². The van der Waals surface area contributed by atoms with Crippen molar-refractivity contribution in [3.05, 3.63) is 22.2 Å². The summed E-state index contributed by atoms with van der Waals surface area (Å²) in [6, 6.07) is 3.62. The average molecular weight is 363 g/mol. The molecule has 1 aromatic carbocycles. The van der Waals surface area contributed by atoms with Gasteiger partial charge in [-0.1, -0.05) is 0 Å². The van der Waals surface area contributed by atoms with E-state index in [1.807, 2.05) is 13.0 Å². The van der Waals surface area contributed by atoms with Gasteiger partial charge in [0, 0.05) is 20.1 Å². The van der Waals surface area contributed by atoms with Crippen molar-refractivity contribution in [1.82, 2.24) is 0 Å². The number of aliphatic hydroxyl groups excluding tert-OH is 1. The van der Waals surface area contributed by atoms with Gasteiger partial charge in [0.2, 0.25) is 0 Å². The fourth-order valence-electron chi connectivity index (χ4n) is 1.70. The molecule has 1 N–H and O–H groups in total. The van der Waals surface area contributed by atoms with Gasteiger partial charge in [-0.2, -0.15) is 0 Å². The second-order valence-corrected chi connectivity index (χ2v) is 5.16. The summed E-state index contributed by atoms with van der Waals surface area (Å²) >= 11 is 3.45. The van der Waals surface area contributed by atoms with Crippen molar-refractivity contribution in [3.8, 4) is 11.5 Å². The molecule has 0 aliphatic rings. The van der Waals surface area contributed by atoms with Crippen LogP contribution in [0.2, 0.25) is 0 Å². The Morgan fingerprint density at radius 3 is 2.57 bits per heavy atom. The Bertz CT molecular complexity index is 411. The number of rotatable bonds is 11. The van der Waals surface area contributed by atoms with Crippen LogP contribution in [0, 0.1) is 0 Å². The summed E-state index contributed by atoms with van der Waals surface area (Å²) in [5.74, 6) is 1.29. The zero-order chi connectivity index (χ0) is 15.5. The predicted octanol–water partition coefficient (Wildman–Crippen LogP) is 2.77. The molecule has 0 aromatic heterocycles. The Balaban J connectivity index is 2.49. The monoisotopic (exact) mass is 362 g/mol. The van der Waals surface area contributed by atoms with Gasteiger partial charge < -0.3 is 24.1 Å². The summed E-state index contributed by atoms with van der Waals surface area (Å²) in [7, 11) is 1.65. The SMILES string of the molecule is CCOc1cc(CO)cc(Br)c1OCCCOCCOC. The maximum Gasteiger partial charge on any atom is 0.175 e. The Kier molecular flexibility index (Phi) is 9.41. The van der Waals surface area contributed by atoms with E-state index in [2.05, 4.69) is 15.9 Å². The number of hydrogen-bond acceptors (Lipinski definition) is 5. The molecule has 0 unspecified atom stereocenters. The summed E-state index contributed by atoms with van der Waals surface area (Å²) in [4.78, 5) is 0.